The zero-order valence-corrected chi connectivity index (χ0v) is 19.3. The Morgan fingerprint density at radius 1 is 0.900 bits per heavy atom. The summed E-state index contributed by atoms with van der Waals surface area (Å²) in [4.78, 5) is 9.13. The molecule has 1 heterocycles. The molecule has 0 bridgehead atoms. The molecule has 0 radical (unpaired) electrons. The van der Waals surface area contributed by atoms with E-state index in [4.69, 9.17) is 4.74 Å². The maximum Gasteiger partial charge on any atom is 0.159 e. The summed E-state index contributed by atoms with van der Waals surface area (Å²) in [7, 11) is 0. The van der Waals surface area contributed by atoms with Crippen molar-refractivity contribution in [1.29, 1.82) is 0 Å². The molecule has 1 aromatic carbocycles. The molecule has 0 aliphatic heterocycles. The second-order valence-electron chi connectivity index (χ2n) is 8.30. The Labute approximate surface area is 184 Å². The number of allylic oxidation sites excluding steroid dienone is 2. The van der Waals surface area contributed by atoms with E-state index in [0.717, 1.165) is 48.9 Å². The van der Waals surface area contributed by atoms with Crippen LogP contribution in [0.25, 0.3) is 11.4 Å². The van der Waals surface area contributed by atoms with Gasteiger partial charge in [-0.2, -0.15) is 0 Å². The molecule has 0 aliphatic carbocycles. The lowest BCUT2D eigenvalue weighted by molar-refractivity contribution is 0.307. The monoisotopic (exact) mass is 408 g/mol. The topological polar surface area (TPSA) is 35.0 Å². The van der Waals surface area contributed by atoms with E-state index in [2.05, 4.69) is 42.9 Å². The third-order valence-corrected chi connectivity index (χ3v) is 5.58. The minimum atomic E-state index is 0.767. The minimum Gasteiger partial charge on any atom is -0.494 e. The second kappa shape index (κ2) is 14.8. The summed E-state index contributed by atoms with van der Waals surface area (Å²) in [5.41, 5.74) is 2.26. The normalized spacial score (nSPS) is 12.4. The first-order valence-corrected chi connectivity index (χ1v) is 11.9. The van der Waals surface area contributed by atoms with Gasteiger partial charge in [-0.05, 0) is 74.3 Å². The average molecular weight is 409 g/mol. The van der Waals surface area contributed by atoms with E-state index in [1.165, 1.54) is 50.5 Å². The highest BCUT2D eigenvalue weighted by Crippen LogP contribution is 2.20. The van der Waals surface area contributed by atoms with Gasteiger partial charge in [-0.3, -0.25) is 0 Å². The molecular formula is C27H40N2O. The van der Waals surface area contributed by atoms with Gasteiger partial charge in [0.05, 0.1) is 6.61 Å². The summed E-state index contributed by atoms with van der Waals surface area (Å²) < 4.78 is 5.86. The molecule has 30 heavy (non-hydrogen) atoms. The highest BCUT2D eigenvalue weighted by atomic mass is 16.5. The molecule has 0 fully saturated rings. The molecule has 3 heteroatoms. The zero-order valence-electron chi connectivity index (χ0n) is 19.3. The minimum absolute atomic E-state index is 0.767. The van der Waals surface area contributed by atoms with Crippen molar-refractivity contribution in [3.05, 3.63) is 54.4 Å². The Morgan fingerprint density at radius 3 is 2.33 bits per heavy atom. The third-order valence-electron chi connectivity index (χ3n) is 5.58. The molecule has 2 rings (SSSR count). The van der Waals surface area contributed by atoms with E-state index >= 15 is 0 Å². The van der Waals surface area contributed by atoms with Crippen molar-refractivity contribution in [1.82, 2.24) is 9.97 Å². The van der Waals surface area contributed by atoms with Crippen LogP contribution in [0.2, 0.25) is 0 Å². The van der Waals surface area contributed by atoms with Gasteiger partial charge in [0, 0.05) is 18.0 Å². The second-order valence-corrected chi connectivity index (χ2v) is 8.30. The van der Waals surface area contributed by atoms with Gasteiger partial charge in [-0.1, -0.05) is 58.6 Å². The first kappa shape index (κ1) is 24.1. The van der Waals surface area contributed by atoms with Crippen LogP contribution < -0.4 is 4.74 Å². The quantitative estimate of drug-likeness (QED) is 0.223. The Balaban J connectivity index is 1.70. The Bertz CT molecular complexity index is 707. The largest absolute Gasteiger partial charge is 0.494 e. The summed E-state index contributed by atoms with van der Waals surface area (Å²) in [6.07, 6.45) is 20.5. The lowest BCUT2D eigenvalue weighted by Gasteiger charge is -2.08. The van der Waals surface area contributed by atoms with Crippen molar-refractivity contribution in [2.45, 2.75) is 85.0 Å². The fourth-order valence-electron chi connectivity index (χ4n) is 3.32. The first-order valence-electron chi connectivity index (χ1n) is 11.9. The number of hydrogen-bond acceptors (Lipinski definition) is 3. The summed E-state index contributed by atoms with van der Waals surface area (Å²) in [6.45, 7) is 7.58. The van der Waals surface area contributed by atoms with Crippen LogP contribution in [0.4, 0.5) is 0 Å². The molecule has 0 aliphatic rings. The smallest absolute Gasteiger partial charge is 0.159 e. The maximum atomic E-state index is 5.86. The number of rotatable bonds is 15. The van der Waals surface area contributed by atoms with Crippen LogP contribution in [0.15, 0.2) is 48.8 Å². The molecule has 0 amide bonds. The average Bonchev–Trinajstić information content (AvgIpc) is 2.79. The highest BCUT2D eigenvalue weighted by molar-refractivity contribution is 5.55. The Hall–Kier alpha value is -2.16. The van der Waals surface area contributed by atoms with Gasteiger partial charge >= 0.3 is 0 Å². The maximum absolute atomic E-state index is 5.86. The fraction of sp³-hybridized carbons (Fsp3) is 0.556. The summed E-state index contributed by atoms with van der Waals surface area (Å²) >= 11 is 0. The lowest BCUT2D eigenvalue weighted by Crippen LogP contribution is -1.97. The summed E-state index contributed by atoms with van der Waals surface area (Å²) in [6, 6.07) is 8.12. The van der Waals surface area contributed by atoms with Crippen molar-refractivity contribution in [3.8, 4) is 17.1 Å². The van der Waals surface area contributed by atoms with Gasteiger partial charge < -0.3 is 4.74 Å². The van der Waals surface area contributed by atoms with Crippen LogP contribution in [-0.2, 0) is 6.42 Å². The van der Waals surface area contributed by atoms with Gasteiger partial charge in [-0.15, -0.1) is 0 Å². The van der Waals surface area contributed by atoms with E-state index in [9.17, 15) is 0 Å². The number of unbranched alkanes of at least 4 members (excludes halogenated alkanes) is 4. The molecule has 164 valence electrons. The summed E-state index contributed by atoms with van der Waals surface area (Å²) in [5, 5.41) is 0. The first-order chi connectivity index (χ1) is 14.7. The number of aryl methyl sites for hydroxylation is 1. The van der Waals surface area contributed by atoms with Crippen LogP contribution in [0, 0.1) is 5.92 Å². The molecule has 3 nitrogen and oxygen atoms in total. The molecule has 0 saturated heterocycles. The van der Waals surface area contributed by atoms with E-state index < -0.39 is 0 Å². The molecular weight excluding hydrogens is 368 g/mol. The van der Waals surface area contributed by atoms with E-state index in [0.29, 0.717) is 0 Å². The fourth-order valence-corrected chi connectivity index (χ4v) is 3.32. The number of aromatic nitrogens is 2. The lowest BCUT2D eigenvalue weighted by atomic mass is 10.00. The van der Waals surface area contributed by atoms with Gasteiger partial charge in [0.15, 0.2) is 5.82 Å². The van der Waals surface area contributed by atoms with Crippen molar-refractivity contribution in [3.63, 3.8) is 0 Å². The number of ether oxygens (including phenoxy) is 1. The summed E-state index contributed by atoms with van der Waals surface area (Å²) in [5.74, 6) is 2.53. The Morgan fingerprint density at radius 2 is 1.63 bits per heavy atom. The predicted molar refractivity (Wildman–Crippen MR) is 128 cm³/mol. The molecule has 2 aromatic rings. The molecule has 1 aromatic heterocycles. The van der Waals surface area contributed by atoms with Gasteiger partial charge in [0.2, 0.25) is 0 Å². The number of benzene rings is 1. The molecule has 0 N–H and O–H groups in total. The molecule has 0 saturated carbocycles. The Kier molecular flexibility index (Phi) is 11.9. The number of nitrogens with zero attached hydrogens (tertiary/aromatic N) is 2. The third kappa shape index (κ3) is 9.56. The van der Waals surface area contributed by atoms with Crippen LogP contribution in [0.1, 0.15) is 84.1 Å². The van der Waals surface area contributed by atoms with Gasteiger partial charge in [-0.25, -0.2) is 9.97 Å². The molecule has 1 atom stereocenters. The van der Waals surface area contributed by atoms with E-state index in [-0.39, 0.29) is 0 Å². The number of hydrogen-bond donors (Lipinski definition) is 0. The van der Waals surface area contributed by atoms with Crippen molar-refractivity contribution in [2.24, 2.45) is 5.92 Å². The van der Waals surface area contributed by atoms with Crippen LogP contribution in [0.3, 0.4) is 0 Å². The van der Waals surface area contributed by atoms with E-state index in [1.54, 1.807) is 0 Å². The molecule has 0 spiro atoms. The van der Waals surface area contributed by atoms with Crippen LogP contribution in [-0.4, -0.2) is 16.6 Å². The van der Waals surface area contributed by atoms with Crippen molar-refractivity contribution < 1.29 is 4.74 Å². The van der Waals surface area contributed by atoms with Crippen LogP contribution >= 0.6 is 0 Å². The van der Waals surface area contributed by atoms with Gasteiger partial charge in [0.1, 0.15) is 5.75 Å². The van der Waals surface area contributed by atoms with Crippen LogP contribution in [0.5, 0.6) is 5.75 Å². The molecule has 0 unspecified atom stereocenters. The van der Waals surface area contributed by atoms with Crippen molar-refractivity contribution >= 4 is 0 Å². The van der Waals surface area contributed by atoms with Gasteiger partial charge in [0.25, 0.3) is 0 Å². The van der Waals surface area contributed by atoms with E-state index in [1.807, 2.05) is 36.7 Å². The highest BCUT2D eigenvalue weighted by Gasteiger charge is 2.04. The van der Waals surface area contributed by atoms with Crippen molar-refractivity contribution in [2.75, 3.05) is 6.61 Å². The zero-order chi connectivity index (χ0) is 21.4. The SMILES string of the molecule is CCC/C=C\CCCCOc1ccc(-c2ncc(CCCC[C@@H](C)CC)cn2)cc1. The predicted octanol–water partition coefficient (Wildman–Crippen LogP) is 7.81. The standard InChI is InChI=1S/C27H40N2O/c1-4-6-7-8-9-10-13-20-30-26-18-16-25(17-19-26)27-28-21-24(22-29-27)15-12-11-14-23(3)5-2/h7-8,16-19,21-23H,4-6,9-15,20H2,1-3H3/b8-7-/t23-/m0/s1.